The average molecular weight is 579 g/mol. The molecule has 5 aliphatic rings. The topological polar surface area (TPSA) is 37.3 Å². The second-order valence-electron chi connectivity index (χ2n) is 17.4. The van der Waals surface area contributed by atoms with Crippen LogP contribution in [0.2, 0.25) is 0 Å². The van der Waals surface area contributed by atoms with Gasteiger partial charge in [-0.1, -0.05) is 84.0 Å². The summed E-state index contributed by atoms with van der Waals surface area (Å²) in [7, 11) is 0. The number of allylic oxidation sites excluding steroid dienone is 1. The molecular weight excluding hydrogens is 524 g/mol. The SMILES string of the molecule is C=C(C)[C@@H]1CC[C@]2(C)CC[C@]3(C)[C@H](CC[C@@H]4[C@@]5(C)Cc6cc(-c7ccccc7)c(C=O)c(O)c6C(C)(C)[C@@H]5CC[C@]43C)[C@@H]12. The zero-order chi connectivity index (χ0) is 30.7. The number of rotatable bonds is 3. The molecule has 0 heterocycles. The smallest absolute Gasteiger partial charge is 0.154 e. The van der Waals surface area contributed by atoms with E-state index >= 15 is 0 Å². The van der Waals surface area contributed by atoms with Gasteiger partial charge >= 0.3 is 0 Å². The Morgan fingerprint density at radius 1 is 0.884 bits per heavy atom. The van der Waals surface area contributed by atoms with Crippen LogP contribution in [0, 0.1) is 51.2 Å². The highest BCUT2D eigenvalue weighted by Crippen LogP contribution is 2.77. The van der Waals surface area contributed by atoms with Gasteiger partial charge in [0, 0.05) is 5.56 Å². The van der Waals surface area contributed by atoms with Crippen molar-refractivity contribution in [1.82, 2.24) is 0 Å². The lowest BCUT2D eigenvalue weighted by molar-refractivity contribution is -0.223. The van der Waals surface area contributed by atoms with E-state index in [-0.39, 0.29) is 16.6 Å². The van der Waals surface area contributed by atoms with E-state index in [0.717, 1.165) is 41.2 Å². The van der Waals surface area contributed by atoms with Gasteiger partial charge in [-0.3, -0.25) is 4.79 Å². The minimum atomic E-state index is -0.208. The van der Waals surface area contributed by atoms with E-state index in [4.69, 9.17) is 0 Å². The lowest BCUT2D eigenvalue weighted by atomic mass is 9.32. The number of benzene rings is 2. The average Bonchev–Trinajstić information content (AvgIpc) is 3.31. The van der Waals surface area contributed by atoms with Crippen molar-refractivity contribution in [2.24, 2.45) is 51.2 Å². The molecule has 0 aromatic heterocycles. The molecule has 4 saturated carbocycles. The van der Waals surface area contributed by atoms with Crippen molar-refractivity contribution in [3.05, 3.63) is 65.2 Å². The zero-order valence-corrected chi connectivity index (χ0v) is 27.9. The summed E-state index contributed by atoms with van der Waals surface area (Å²) in [4.78, 5) is 12.5. The van der Waals surface area contributed by atoms with E-state index in [9.17, 15) is 9.90 Å². The summed E-state index contributed by atoms with van der Waals surface area (Å²) < 4.78 is 0. The van der Waals surface area contributed by atoms with E-state index in [1.165, 1.54) is 62.5 Å². The molecule has 7 rings (SSSR count). The van der Waals surface area contributed by atoms with Crippen LogP contribution >= 0.6 is 0 Å². The van der Waals surface area contributed by atoms with Crippen LogP contribution < -0.4 is 0 Å². The second-order valence-corrected chi connectivity index (χ2v) is 17.4. The van der Waals surface area contributed by atoms with Gasteiger partial charge < -0.3 is 5.11 Å². The molecule has 0 bridgehead atoms. The zero-order valence-electron chi connectivity index (χ0n) is 27.9. The summed E-state index contributed by atoms with van der Waals surface area (Å²) >= 11 is 0. The molecule has 9 atom stereocenters. The van der Waals surface area contributed by atoms with Crippen molar-refractivity contribution < 1.29 is 9.90 Å². The standard InChI is InChI=1S/C41H54O2/c1-25(2)28-16-18-38(5)20-21-40(7)31(35(28)38)14-15-33-39(6)23-27-22-29(26-12-10-9-11-13-26)30(24-42)36(43)34(27)37(3,4)32(39)17-19-41(33,40)8/h9-13,22,24,28,31-33,35,43H,1,14-21,23H2,2-8H3/t28-,31+,32-,33+,35+,38+,39-,40+,41+/m0/s1. The molecule has 0 radical (unpaired) electrons. The Bertz CT molecular complexity index is 1480. The maximum Gasteiger partial charge on any atom is 0.154 e. The third kappa shape index (κ3) is 3.68. The van der Waals surface area contributed by atoms with Crippen LogP contribution in [0.15, 0.2) is 48.6 Å². The molecule has 5 aliphatic carbocycles. The number of hydrogen-bond donors (Lipinski definition) is 1. The molecule has 0 unspecified atom stereocenters. The van der Waals surface area contributed by atoms with Gasteiger partial charge in [-0.25, -0.2) is 0 Å². The molecule has 2 aromatic rings. The third-order valence-corrected chi connectivity index (χ3v) is 15.5. The first kappa shape index (κ1) is 29.4. The van der Waals surface area contributed by atoms with Gasteiger partial charge in [0.15, 0.2) is 6.29 Å². The van der Waals surface area contributed by atoms with E-state index in [1.807, 2.05) is 18.2 Å². The number of phenols is 1. The van der Waals surface area contributed by atoms with Crippen LogP contribution in [0.3, 0.4) is 0 Å². The Morgan fingerprint density at radius 2 is 1.60 bits per heavy atom. The number of hydrogen-bond acceptors (Lipinski definition) is 2. The predicted molar refractivity (Wildman–Crippen MR) is 177 cm³/mol. The van der Waals surface area contributed by atoms with Gasteiger partial charge in [0.2, 0.25) is 0 Å². The summed E-state index contributed by atoms with van der Waals surface area (Å²) in [6, 6.07) is 12.4. The van der Waals surface area contributed by atoms with Gasteiger partial charge in [0.1, 0.15) is 5.75 Å². The Kier molecular flexibility index (Phi) is 6.38. The van der Waals surface area contributed by atoms with Crippen LogP contribution in [-0.4, -0.2) is 11.4 Å². The van der Waals surface area contributed by atoms with E-state index in [2.05, 4.69) is 73.2 Å². The molecule has 230 valence electrons. The van der Waals surface area contributed by atoms with Crippen molar-refractivity contribution in [3.8, 4) is 16.9 Å². The van der Waals surface area contributed by atoms with Crippen LogP contribution in [0.25, 0.3) is 11.1 Å². The summed E-state index contributed by atoms with van der Waals surface area (Å²) in [5.41, 5.74) is 7.09. The maximum absolute atomic E-state index is 12.5. The Balaban J connectivity index is 1.34. The highest BCUT2D eigenvalue weighted by atomic mass is 16.3. The number of aldehydes is 1. The largest absolute Gasteiger partial charge is 0.507 e. The molecule has 0 aliphatic heterocycles. The molecule has 2 nitrogen and oxygen atoms in total. The molecule has 2 aromatic carbocycles. The number of fused-ring (bicyclic) bond motifs is 8. The van der Waals surface area contributed by atoms with E-state index in [0.29, 0.717) is 39.6 Å². The van der Waals surface area contributed by atoms with Crippen LogP contribution in [-0.2, 0) is 11.8 Å². The summed E-state index contributed by atoms with van der Waals surface area (Å²) in [6.07, 6.45) is 12.4. The van der Waals surface area contributed by atoms with Gasteiger partial charge in [-0.15, -0.1) is 0 Å². The fourth-order valence-corrected chi connectivity index (χ4v) is 13.4. The molecule has 2 heteroatoms. The van der Waals surface area contributed by atoms with Crippen molar-refractivity contribution in [3.63, 3.8) is 0 Å². The third-order valence-electron chi connectivity index (χ3n) is 15.5. The van der Waals surface area contributed by atoms with Crippen molar-refractivity contribution in [1.29, 1.82) is 0 Å². The molecule has 4 fully saturated rings. The Labute approximate surface area is 260 Å². The van der Waals surface area contributed by atoms with Gasteiger partial charge in [-0.2, -0.15) is 0 Å². The monoisotopic (exact) mass is 578 g/mol. The first-order valence-electron chi connectivity index (χ1n) is 17.3. The minimum Gasteiger partial charge on any atom is -0.507 e. The highest BCUT2D eigenvalue weighted by Gasteiger charge is 2.70. The molecular formula is C41H54O2. The summed E-state index contributed by atoms with van der Waals surface area (Å²) in [5.74, 6) is 3.60. The number of phenolic OH excluding ortho intramolecular Hbond substituents is 1. The molecule has 43 heavy (non-hydrogen) atoms. The second kappa shape index (κ2) is 9.34. The number of carbonyl (C=O) groups is 1. The Hall–Kier alpha value is -2.35. The van der Waals surface area contributed by atoms with Crippen LogP contribution in [0.5, 0.6) is 5.75 Å². The minimum absolute atomic E-state index is 0.144. The van der Waals surface area contributed by atoms with E-state index in [1.54, 1.807) is 0 Å². The normalized spacial score (nSPS) is 42.5. The fourth-order valence-electron chi connectivity index (χ4n) is 13.4. The van der Waals surface area contributed by atoms with E-state index < -0.39 is 0 Å². The number of aromatic hydroxyl groups is 1. The van der Waals surface area contributed by atoms with Gasteiger partial charge in [-0.05, 0) is 144 Å². The molecule has 0 spiro atoms. The van der Waals surface area contributed by atoms with Crippen molar-refractivity contribution in [2.75, 3.05) is 0 Å². The first-order chi connectivity index (χ1) is 20.2. The fraction of sp³-hybridized carbons (Fsp3) is 0.634. The molecule has 0 amide bonds. The van der Waals surface area contributed by atoms with Crippen LogP contribution in [0.4, 0.5) is 0 Å². The first-order valence-corrected chi connectivity index (χ1v) is 17.3. The quantitative estimate of drug-likeness (QED) is 0.290. The molecule has 1 N–H and O–H groups in total. The van der Waals surface area contributed by atoms with Crippen LogP contribution in [0.1, 0.15) is 121 Å². The predicted octanol–water partition coefficient (Wildman–Crippen LogP) is 10.6. The van der Waals surface area contributed by atoms with Gasteiger partial charge in [0.25, 0.3) is 0 Å². The van der Waals surface area contributed by atoms with Crippen molar-refractivity contribution in [2.45, 2.75) is 112 Å². The molecule has 0 saturated heterocycles. The number of carbonyl (C=O) groups excluding carboxylic acids is 1. The lowest BCUT2D eigenvalue weighted by Gasteiger charge is -2.72. The summed E-state index contributed by atoms with van der Waals surface area (Å²) in [5, 5.41) is 11.8. The Morgan fingerprint density at radius 3 is 2.28 bits per heavy atom. The maximum atomic E-state index is 12.5. The highest BCUT2D eigenvalue weighted by molar-refractivity contribution is 5.92. The van der Waals surface area contributed by atoms with Crippen molar-refractivity contribution >= 4 is 6.29 Å². The lowest BCUT2D eigenvalue weighted by Crippen LogP contribution is -2.66. The summed E-state index contributed by atoms with van der Waals surface area (Å²) in [6.45, 7) is 22.2. The van der Waals surface area contributed by atoms with Gasteiger partial charge in [0.05, 0.1) is 5.56 Å².